The van der Waals surface area contributed by atoms with E-state index in [0.717, 1.165) is 12.8 Å². The zero-order valence-electron chi connectivity index (χ0n) is 14.0. The molecule has 3 nitrogen and oxygen atoms in total. The summed E-state index contributed by atoms with van der Waals surface area (Å²) in [5, 5.41) is 0. The molecule has 0 atom stereocenters. The van der Waals surface area contributed by atoms with E-state index in [1.807, 2.05) is 0 Å². The van der Waals surface area contributed by atoms with Gasteiger partial charge in [0, 0.05) is 0 Å². The van der Waals surface area contributed by atoms with Crippen LogP contribution in [0.15, 0.2) is 0 Å². The molecule has 0 unspecified atom stereocenters. The van der Waals surface area contributed by atoms with Crippen molar-refractivity contribution in [3.63, 3.8) is 0 Å². The Morgan fingerprint density at radius 1 is 0.591 bits per heavy atom. The van der Waals surface area contributed by atoms with Crippen molar-refractivity contribution in [3.8, 4) is 0 Å². The van der Waals surface area contributed by atoms with E-state index in [1.54, 1.807) is 0 Å². The summed E-state index contributed by atoms with van der Waals surface area (Å²) in [5.74, 6) is 0. The summed E-state index contributed by atoms with van der Waals surface area (Å²) in [7, 11) is -2.64. The Kier molecular flexibility index (Phi) is 25.1. The third kappa shape index (κ3) is 23.2. The summed E-state index contributed by atoms with van der Waals surface area (Å²) in [4.78, 5) is 0. The van der Waals surface area contributed by atoms with Crippen molar-refractivity contribution in [3.05, 3.63) is 0 Å². The Bertz CT molecular complexity index is 263. The molecule has 22 heavy (non-hydrogen) atoms. The molecule has 0 amide bonds. The van der Waals surface area contributed by atoms with Gasteiger partial charge >= 0.3 is 29.6 Å². The predicted molar refractivity (Wildman–Crippen MR) is 98.3 cm³/mol. The summed E-state index contributed by atoms with van der Waals surface area (Å²) < 4.78 is 24.8. The molecule has 0 bridgehead atoms. The first-order chi connectivity index (χ1) is 10.3. The fourth-order valence-electron chi connectivity index (χ4n) is 2.61. The van der Waals surface area contributed by atoms with Gasteiger partial charge in [-0.25, -0.2) is 8.42 Å². The van der Waals surface area contributed by atoms with Crippen LogP contribution in [0.4, 0.5) is 0 Å². The summed E-state index contributed by atoms with van der Waals surface area (Å²) in [5.41, 5.74) is 0. The Hall–Kier alpha value is 0.910. The Labute approximate surface area is 162 Å². The van der Waals surface area contributed by atoms with Crippen molar-refractivity contribution in [2.75, 3.05) is 6.61 Å². The van der Waals surface area contributed by atoms with Gasteiger partial charge in [-0.2, -0.15) is 0 Å². The van der Waals surface area contributed by atoms with E-state index in [2.05, 4.69) is 11.1 Å². The van der Waals surface area contributed by atoms with Crippen molar-refractivity contribution >= 4 is 40.5 Å². The average Bonchev–Trinajstić information content (AvgIpc) is 2.46. The van der Waals surface area contributed by atoms with Gasteiger partial charge in [-0.15, -0.1) is 0 Å². The first-order valence-corrected chi connectivity index (χ1v) is 10.1. The molecule has 0 saturated carbocycles. The normalized spacial score (nSPS) is 10.8. The van der Waals surface area contributed by atoms with Crippen LogP contribution in [-0.4, -0.2) is 44.6 Å². The average molecular weight is 345 g/mol. The van der Waals surface area contributed by atoms with Crippen molar-refractivity contribution in [1.82, 2.24) is 0 Å². The first-order valence-electron chi connectivity index (χ1n) is 9.04. The van der Waals surface area contributed by atoms with Crippen LogP contribution in [0.1, 0.15) is 103 Å². The van der Waals surface area contributed by atoms with E-state index in [1.165, 1.54) is 83.5 Å². The zero-order chi connectivity index (χ0) is 15.6. The third-order valence-electron chi connectivity index (χ3n) is 3.94. The van der Waals surface area contributed by atoms with Crippen molar-refractivity contribution in [2.24, 2.45) is 0 Å². The molecule has 5 heteroatoms. The monoisotopic (exact) mass is 344 g/mol. The van der Waals surface area contributed by atoms with Gasteiger partial charge in [0.1, 0.15) is 0 Å². The molecular weight excluding hydrogens is 307 g/mol. The SMILES string of the molecule is CCCCCCCCCCCCCCCCCO[SH](=O)=O.[NaH]. The van der Waals surface area contributed by atoms with Crippen LogP contribution in [-0.2, 0) is 15.2 Å². The molecule has 0 N–H and O–H groups in total. The molecular formula is C17H37NaO3S. The number of rotatable bonds is 17. The standard InChI is InChI=1S/C17H36O3S.Na.H/c1-2-3-4-5-6-7-8-9-10-11-12-13-14-15-16-17-20-21(18)19;;/h21H,2-17H2,1H3;;. The first kappa shape index (κ1) is 25.2. The summed E-state index contributed by atoms with van der Waals surface area (Å²) in [6, 6.07) is 0. The quantitative estimate of drug-likeness (QED) is 0.235. The van der Waals surface area contributed by atoms with Crippen LogP contribution in [0.5, 0.6) is 0 Å². The second-order valence-corrected chi connectivity index (χ2v) is 6.71. The van der Waals surface area contributed by atoms with Gasteiger partial charge in [-0.05, 0) is 6.42 Å². The van der Waals surface area contributed by atoms with Crippen LogP contribution >= 0.6 is 0 Å². The third-order valence-corrected chi connectivity index (χ3v) is 4.34. The number of thiol groups is 1. The molecule has 0 aromatic carbocycles. The van der Waals surface area contributed by atoms with Crippen molar-refractivity contribution < 1.29 is 12.6 Å². The van der Waals surface area contributed by atoms with E-state index in [-0.39, 0.29) is 29.6 Å². The van der Waals surface area contributed by atoms with Gasteiger partial charge in [0.2, 0.25) is 0 Å². The van der Waals surface area contributed by atoms with Crippen LogP contribution < -0.4 is 0 Å². The van der Waals surface area contributed by atoms with Gasteiger partial charge in [0.15, 0.2) is 0 Å². The minimum absolute atomic E-state index is 0. The van der Waals surface area contributed by atoms with E-state index >= 15 is 0 Å². The van der Waals surface area contributed by atoms with Crippen molar-refractivity contribution in [2.45, 2.75) is 103 Å². The van der Waals surface area contributed by atoms with E-state index in [0.29, 0.717) is 6.61 Å². The molecule has 0 aromatic heterocycles. The van der Waals surface area contributed by atoms with Crippen molar-refractivity contribution in [1.29, 1.82) is 0 Å². The summed E-state index contributed by atoms with van der Waals surface area (Å²) >= 11 is 0. The Balaban J connectivity index is 0. The van der Waals surface area contributed by atoms with E-state index in [9.17, 15) is 8.42 Å². The fraction of sp³-hybridized carbons (Fsp3) is 1.00. The molecule has 0 fully saturated rings. The van der Waals surface area contributed by atoms with E-state index in [4.69, 9.17) is 0 Å². The minimum atomic E-state index is -2.64. The molecule has 0 heterocycles. The number of unbranched alkanes of at least 4 members (excludes halogenated alkanes) is 14. The molecule has 0 aliphatic rings. The van der Waals surface area contributed by atoms with Crippen LogP contribution in [0.3, 0.4) is 0 Å². The topological polar surface area (TPSA) is 43.4 Å². The van der Waals surface area contributed by atoms with Crippen LogP contribution in [0, 0.1) is 0 Å². The molecule has 0 aliphatic carbocycles. The maximum absolute atomic E-state index is 10.2. The van der Waals surface area contributed by atoms with Gasteiger partial charge in [0.05, 0.1) is 6.61 Å². The van der Waals surface area contributed by atoms with Gasteiger partial charge in [0.25, 0.3) is 11.0 Å². The molecule has 0 aromatic rings. The zero-order valence-corrected chi connectivity index (χ0v) is 14.9. The maximum atomic E-state index is 10.2. The predicted octanol–water partition coefficient (Wildman–Crippen LogP) is 4.75. The number of hydrogen-bond acceptors (Lipinski definition) is 3. The summed E-state index contributed by atoms with van der Waals surface area (Å²) in [6.07, 6.45) is 19.8. The molecule has 0 aliphatic heterocycles. The second kappa shape index (κ2) is 21.9. The molecule has 0 spiro atoms. The molecule has 0 rings (SSSR count). The number of hydrogen-bond donors (Lipinski definition) is 1. The van der Waals surface area contributed by atoms with Gasteiger partial charge < -0.3 is 0 Å². The summed E-state index contributed by atoms with van der Waals surface area (Å²) in [6.45, 7) is 2.62. The Morgan fingerprint density at radius 3 is 1.23 bits per heavy atom. The van der Waals surface area contributed by atoms with Gasteiger partial charge in [-0.1, -0.05) is 96.8 Å². The second-order valence-electron chi connectivity index (χ2n) is 6.01. The molecule has 0 radical (unpaired) electrons. The fourth-order valence-corrected chi connectivity index (χ4v) is 2.89. The molecule has 0 saturated heterocycles. The van der Waals surface area contributed by atoms with Crippen LogP contribution in [0.25, 0.3) is 0 Å². The van der Waals surface area contributed by atoms with Gasteiger partial charge in [-0.3, -0.25) is 4.18 Å². The molecule has 130 valence electrons. The Morgan fingerprint density at radius 2 is 0.909 bits per heavy atom. The van der Waals surface area contributed by atoms with Crippen LogP contribution in [0.2, 0.25) is 0 Å². The van der Waals surface area contributed by atoms with E-state index < -0.39 is 11.0 Å².